The zero-order chi connectivity index (χ0) is 20.3. The van der Waals surface area contributed by atoms with E-state index in [-0.39, 0.29) is 11.8 Å². The molecule has 0 aliphatic rings. The lowest BCUT2D eigenvalue weighted by Gasteiger charge is -2.14. The van der Waals surface area contributed by atoms with Crippen LogP contribution < -0.4 is 14.8 Å². The van der Waals surface area contributed by atoms with Crippen LogP contribution >= 0.6 is 0 Å². The van der Waals surface area contributed by atoms with Gasteiger partial charge in [-0.3, -0.25) is 4.79 Å². The average Bonchev–Trinajstić information content (AvgIpc) is 3.14. The zero-order valence-corrected chi connectivity index (χ0v) is 16.8. The molecule has 0 bridgehead atoms. The number of benzene rings is 2. The van der Waals surface area contributed by atoms with Gasteiger partial charge in [-0.1, -0.05) is 31.5 Å². The first-order valence-corrected chi connectivity index (χ1v) is 9.13. The number of hydrogen-bond donors (Lipinski definition) is 1. The molecular formula is C22H25N3O3. The van der Waals surface area contributed by atoms with Crippen LogP contribution in [-0.2, 0) is 0 Å². The Morgan fingerprint density at radius 1 is 1.04 bits per heavy atom. The molecule has 6 heteroatoms. The maximum absolute atomic E-state index is 13.0. The molecule has 3 rings (SSSR count). The highest BCUT2D eigenvalue weighted by atomic mass is 16.5. The second-order valence-corrected chi connectivity index (χ2v) is 6.87. The lowest BCUT2D eigenvalue weighted by atomic mass is 10.0. The summed E-state index contributed by atoms with van der Waals surface area (Å²) in [5.74, 6) is 1.07. The van der Waals surface area contributed by atoms with Crippen molar-refractivity contribution in [1.82, 2.24) is 9.78 Å². The molecule has 0 spiro atoms. The van der Waals surface area contributed by atoms with Crippen LogP contribution in [0, 0.1) is 6.92 Å². The van der Waals surface area contributed by atoms with Crippen LogP contribution in [-0.4, -0.2) is 29.9 Å². The topological polar surface area (TPSA) is 65.4 Å². The van der Waals surface area contributed by atoms with Crippen molar-refractivity contribution < 1.29 is 14.3 Å². The van der Waals surface area contributed by atoms with Crippen molar-refractivity contribution in [3.05, 3.63) is 65.5 Å². The van der Waals surface area contributed by atoms with Gasteiger partial charge >= 0.3 is 0 Å². The normalized spacial score (nSPS) is 10.8. The van der Waals surface area contributed by atoms with E-state index < -0.39 is 0 Å². The van der Waals surface area contributed by atoms with Gasteiger partial charge in [0, 0.05) is 11.8 Å². The summed E-state index contributed by atoms with van der Waals surface area (Å²) in [6.07, 6.45) is 1.62. The summed E-state index contributed by atoms with van der Waals surface area (Å²) in [4.78, 5) is 13.0. The van der Waals surface area contributed by atoms with Crippen LogP contribution in [0.4, 0.5) is 5.69 Å². The molecule has 3 aromatic rings. The number of methoxy groups -OCH3 is 2. The Bertz CT molecular complexity index is 975. The van der Waals surface area contributed by atoms with Gasteiger partial charge in [-0.05, 0) is 37.1 Å². The summed E-state index contributed by atoms with van der Waals surface area (Å²) in [5.41, 5.74) is 4.14. The van der Waals surface area contributed by atoms with Crippen LogP contribution in [0.1, 0.15) is 41.4 Å². The molecule has 2 aromatic carbocycles. The summed E-state index contributed by atoms with van der Waals surface area (Å²) in [6, 6.07) is 13.3. The fourth-order valence-corrected chi connectivity index (χ4v) is 3.09. The van der Waals surface area contributed by atoms with E-state index in [1.807, 2.05) is 35.9 Å². The number of carbonyl (C=O) groups is 1. The minimum atomic E-state index is -0.214. The number of aryl methyl sites for hydroxylation is 1. The Kier molecular flexibility index (Phi) is 5.68. The van der Waals surface area contributed by atoms with E-state index in [4.69, 9.17) is 9.47 Å². The molecule has 0 saturated carbocycles. The highest BCUT2D eigenvalue weighted by molar-refractivity contribution is 6.05. The van der Waals surface area contributed by atoms with Crippen molar-refractivity contribution >= 4 is 11.6 Å². The molecule has 0 fully saturated rings. The Balaban J connectivity index is 1.93. The van der Waals surface area contributed by atoms with Crippen molar-refractivity contribution in [3.8, 4) is 17.2 Å². The number of nitrogens with one attached hydrogen (secondary N) is 1. The number of aromatic nitrogens is 2. The Morgan fingerprint density at radius 2 is 1.71 bits per heavy atom. The summed E-state index contributed by atoms with van der Waals surface area (Å²) < 4.78 is 12.4. The number of nitrogens with zero attached hydrogens (tertiary/aromatic N) is 2. The van der Waals surface area contributed by atoms with E-state index in [9.17, 15) is 4.79 Å². The lowest BCUT2D eigenvalue weighted by molar-refractivity contribution is 0.102. The summed E-state index contributed by atoms with van der Waals surface area (Å²) >= 11 is 0. The van der Waals surface area contributed by atoms with Crippen molar-refractivity contribution in [2.24, 2.45) is 0 Å². The SMILES string of the molecule is COc1ccc(NC(=O)c2cnn(-c3ccc(C)cc3)c2C(C)C)cc1OC. The summed E-state index contributed by atoms with van der Waals surface area (Å²) in [6.45, 7) is 6.14. The van der Waals surface area contributed by atoms with Crippen LogP contribution in [0.5, 0.6) is 11.5 Å². The Labute approximate surface area is 165 Å². The third kappa shape index (κ3) is 3.86. The third-order valence-corrected chi connectivity index (χ3v) is 4.52. The molecule has 1 N–H and O–H groups in total. The largest absolute Gasteiger partial charge is 0.493 e. The van der Waals surface area contributed by atoms with Crippen molar-refractivity contribution in [2.45, 2.75) is 26.7 Å². The van der Waals surface area contributed by atoms with E-state index in [1.165, 1.54) is 5.56 Å². The highest BCUT2D eigenvalue weighted by Crippen LogP contribution is 2.30. The maximum atomic E-state index is 13.0. The molecule has 1 aromatic heterocycles. The molecule has 6 nitrogen and oxygen atoms in total. The molecule has 1 amide bonds. The average molecular weight is 379 g/mol. The molecule has 146 valence electrons. The third-order valence-electron chi connectivity index (χ3n) is 4.52. The van der Waals surface area contributed by atoms with Crippen LogP contribution in [0.25, 0.3) is 5.69 Å². The van der Waals surface area contributed by atoms with Gasteiger partial charge in [0.15, 0.2) is 11.5 Å². The predicted octanol–water partition coefficient (Wildman–Crippen LogP) is 4.57. The molecule has 28 heavy (non-hydrogen) atoms. The minimum Gasteiger partial charge on any atom is -0.493 e. The summed E-state index contributed by atoms with van der Waals surface area (Å²) in [7, 11) is 3.14. The molecule has 0 unspecified atom stereocenters. The van der Waals surface area contributed by atoms with Gasteiger partial charge in [-0.2, -0.15) is 5.10 Å². The van der Waals surface area contributed by atoms with Gasteiger partial charge in [-0.15, -0.1) is 0 Å². The smallest absolute Gasteiger partial charge is 0.259 e. The molecule has 0 aliphatic heterocycles. The number of carbonyl (C=O) groups excluding carboxylic acids is 1. The van der Waals surface area contributed by atoms with Crippen LogP contribution in [0.2, 0.25) is 0 Å². The van der Waals surface area contributed by atoms with Crippen LogP contribution in [0.3, 0.4) is 0 Å². The van der Waals surface area contributed by atoms with Crippen molar-refractivity contribution in [3.63, 3.8) is 0 Å². The second kappa shape index (κ2) is 8.17. The standard InChI is InChI=1S/C22H25N3O3/c1-14(2)21-18(13-23-25(21)17-9-6-15(3)7-10-17)22(26)24-16-8-11-19(27-4)20(12-16)28-5/h6-14H,1-5H3,(H,24,26). The molecular weight excluding hydrogens is 354 g/mol. The fourth-order valence-electron chi connectivity index (χ4n) is 3.09. The first-order chi connectivity index (χ1) is 13.4. The summed E-state index contributed by atoms with van der Waals surface area (Å²) in [5, 5.41) is 7.40. The predicted molar refractivity (Wildman–Crippen MR) is 110 cm³/mol. The molecule has 0 aliphatic carbocycles. The van der Waals surface area contributed by atoms with Gasteiger partial charge in [0.1, 0.15) is 0 Å². The number of anilines is 1. The number of amides is 1. The first kappa shape index (κ1) is 19.5. The first-order valence-electron chi connectivity index (χ1n) is 9.13. The van der Waals surface area contributed by atoms with E-state index in [2.05, 4.69) is 24.3 Å². The molecule has 0 saturated heterocycles. The zero-order valence-electron chi connectivity index (χ0n) is 16.8. The van der Waals surface area contributed by atoms with Crippen molar-refractivity contribution in [1.29, 1.82) is 0 Å². The molecule has 1 heterocycles. The number of hydrogen-bond acceptors (Lipinski definition) is 4. The molecule has 0 atom stereocenters. The minimum absolute atomic E-state index is 0.120. The van der Waals surface area contributed by atoms with E-state index in [1.54, 1.807) is 38.6 Å². The van der Waals surface area contributed by atoms with Gasteiger partial charge in [0.25, 0.3) is 5.91 Å². The van der Waals surface area contributed by atoms with E-state index in [0.29, 0.717) is 22.7 Å². The quantitative estimate of drug-likeness (QED) is 0.681. The monoisotopic (exact) mass is 379 g/mol. The number of ether oxygens (including phenoxy) is 2. The van der Waals surface area contributed by atoms with Gasteiger partial charge in [0.2, 0.25) is 0 Å². The maximum Gasteiger partial charge on any atom is 0.259 e. The Morgan fingerprint density at radius 3 is 2.32 bits per heavy atom. The second-order valence-electron chi connectivity index (χ2n) is 6.87. The lowest BCUT2D eigenvalue weighted by Crippen LogP contribution is -2.15. The highest BCUT2D eigenvalue weighted by Gasteiger charge is 2.21. The van der Waals surface area contributed by atoms with E-state index in [0.717, 1.165) is 11.4 Å². The number of rotatable bonds is 6. The van der Waals surface area contributed by atoms with Crippen molar-refractivity contribution in [2.75, 3.05) is 19.5 Å². The Hall–Kier alpha value is -3.28. The fraction of sp³-hybridized carbons (Fsp3) is 0.273. The van der Waals surface area contributed by atoms with Gasteiger partial charge in [-0.25, -0.2) is 4.68 Å². The van der Waals surface area contributed by atoms with Crippen LogP contribution in [0.15, 0.2) is 48.7 Å². The molecule has 0 radical (unpaired) electrons. The van der Waals surface area contributed by atoms with Gasteiger partial charge in [0.05, 0.1) is 37.4 Å². The van der Waals surface area contributed by atoms with Gasteiger partial charge < -0.3 is 14.8 Å². The van der Waals surface area contributed by atoms with E-state index >= 15 is 0 Å².